The molecule has 0 aromatic heterocycles. The average Bonchev–Trinajstić information content (AvgIpc) is 3.25. The molecular formula is C20H26BrNO3. The van der Waals surface area contributed by atoms with Crippen LogP contribution in [0.15, 0.2) is 30.4 Å². The van der Waals surface area contributed by atoms with Gasteiger partial charge in [-0.05, 0) is 43.4 Å². The van der Waals surface area contributed by atoms with Crippen molar-refractivity contribution in [1.29, 1.82) is 0 Å². The lowest BCUT2D eigenvalue weighted by Crippen LogP contribution is -2.25. The molecule has 0 spiro atoms. The number of hydrogen-bond donors (Lipinski definition) is 0. The first kappa shape index (κ1) is 18.3. The Morgan fingerprint density at radius 1 is 1.24 bits per heavy atom. The first-order valence-electron chi connectivity index (χ1n) is 9.04. The molecule has 1 unspecified atom stereocenters. The van der Waals surface area contributed by atoms with Crippen LogP contribution >= 0.6 is 15.9 Å². The van der Waals surface area contributed by atoms with Gasteiger partial charge in [0.15, 0.2) is 11.5 Å². The van der Waals surface area contributed by atoms with Crippen molar-refractivity contribution in [2.75, 3.05) is 25.5 Å². The molecule has 25 heavy (non-hydrogen) atoms. The molecule has 1 saturated heterocycles. The zero-order valence-electron chi connectivity index (χ0n) is 14.7. The van der Waals surface area contributed by atoms with Crippen molar-refractivity contribution in [3.05, 3.63) is 35.9 Å². The summed E-state index contributed by atoms with van der Waals surface area (Å²) in [6.45, 7) is 1.45. The molecule has 1 aromatic carbocycles. The largest absolute Gasteiger partial charge is 0.493 e. The minimum atomic E-state index is 0.221. The summed E-state index contributed by atoms with van der Waals surface area (Å²) >= 11 is 3.36. The number of carbonyl (C=O) groups is 1. The van der Waals surface area contributed by atoms with E-state index >= 15 is 0 Å². The SMILES string of the molecule is COc1ccc(C2CC(=O)N(CC=CCBr)C2)cc1OC1CCCC1. The van der Waals surface area contributed by atoms with Crippen LogP contribution in [0.3, 0.4) is 0 Å². The highest BCUT2D eigenvalue weighted by Crippen LogP contribution is 2.36. The lowest BCUT2D eigenvalue weighted by atomic mass is 9.98. The number of hydrogen-bond acceptors (Lipinski definition) is 3. The van der Waals surface area contributed by atoms with Crippen molar-refractivity contribution < 1.29 is 14.3 Å². The third kappa shape index (κ3) is 4.57. The summed E-state index contributed by atoms with van der Waals surface area (Å²) in [7, 11) is 1.67. The minimum Gasteiger partial charge on any atom is -0.493 e. The van der Waals surface area contributed by atoms with E-state index in [1.807, 2.05) is 23.1 Å². The van der Waals surface area contributed by atoms with Gasteiger partial charge in [-0.1, -0.05) is 34.1 Å². The Morgan fingerprint density at radius 3 is 2.76 bits per heavy atom. The minimum absolute atomic E-state index is 0.221. The molecule has 136 valence electrons. The molecule has 0 bridgehead atoms. The second kappa shape index (κ2) is 8.75. The number of rotatable bonds is 7. The molecule has 1 saturated carbocycles. The molecule has 1 aliphatic carbocycles. The summed E-state index contributed by atoms with van der Waals surface area (Å²) in [5.41, 5.74) is 1.16. The Bertz CT molecular complexity index is 625. The van der Waals surface area contributed by atoms with Gasteiger partial charge < -0.3 is 14.4 Å². The van der Waals surface area contributed by atoms with Crippen LogP contribution in [0.1, 0.15) is 43.6 Å². The number of carbonyl (C=O) groups excluding carboxylic acids is 1. The van der Waals surface area contributed by atoms with Gasteiger partial charge in [0.1, 0.15) is 0 Å². The van der Waals surface area contributed by atoms with Crippen molar-refractivity contribution in [3.8, 4) is 11.5 Å². The van der Waals surface area contributed by atoms with E-state index in [4.69, 9.17) is 9.47 Å². The highest BCUT2D eigenvalue weighted by atomic mass is 79.9. The van der Waals surface area contributed by atoms with Crippen LogP contribution in [0.25, 0.3) is 0 Å². The highest BCUT2D eigenvalue weighted by molar-refractivity contribution is 9.09. The topological polar surface area (TPSA) is 38.8 Å². The second-order valence-corrected chi connectivity index (χ2v) is 7.41. The van der Waals surface area contributed by atoms with Crippen LogP contribution in [0.4, 0.5) is 0 Å². The van der Waals surface area contributed by atoms with Crippen LogP contribution < -0.4 is 9.47 Å². The molecule has 4 nitrogen and oxygen atoms in total. The normalized spacial score (nSPS) is 21.4. The molecule has 1 aromatic rings. The molecule has 0 radical (unpaired) electrons. The Kier molecular flexibility index (Phi) is 6.40. The van der Waals surface area contributed by atoms with E-state index in [9.17, 15) is 4.79 Å². The number of ether oxygens (including phenoxy) is 2. The van der Waals surface area contributed by atoms with E-state index < -0.39 is 0 Å². The molecule has 2 fully saturated rings. The fourth-order valence-electron chi connectivity index (χ4n) is 3.66. The van der Waals surface area contributed by atoms with E-state index in [-0.39, 0.29) is 11.8 Å². The third-order valence-corrected chi connectivity index (χ3v) is 5.42. The molecule has 3 rings (SSSR count). The second-order valence-electron chi connectivity index (χ2n) is 6.76. The van der Waals surface area contributed by atoms with E-state index in [0.717, 1.165) is 41.8 Å². The Labute approximate surface area is 158 Å². The lowest BCUT2D eigenvalue weighted by molar-refractivity contribution is -0.127. The van der Waals surface area contributed by atoms with Crippen LogP contribution in [-0.2, 0) is 4.79 Å². The summed E-state index contributed by atoms with van der Waals surface area (Å²) in [4.78, 5) is 14.2. The number of alkyl halides is 1. The smallest absolute Gasteiger partial charge is 0.223 e. The third-order valence-electron chi connectivity index (χ3n) is 5.05. The van der Waals surface area contributed by atoms with Gasteiger partial charge in [0.2, 0.25) is 5.91 Å². The van der Waals surface area contributed by atoms with Gasteiger partial charge in [-0.25, -0.2) is 0 Å². The fraction of sp³-hybridized carbons (Fsp3) is 0.550. The molecule has 5 heteroatoms. The molecule has 1 heterocycles. The number of likely N-dealkylation sites (tertiary alicyclic amines) is 1. The quantitative estimate of drug-likeness (QED) is 0.499. The summed E-state index contributed by atoms with van der Waals surface area (Å²) in [6, 6.07) is 6.11. The van der Waals surface area contributed by atoms with Crippen molar-refractivity contribution in [3.63, 3.8) is 0 Å². The number of benzene rings is 1. The summed E-state index contributed by atoms with van der Waals surface area (Å²) in [6.07, 6.45) is 9.63. The molecular weight excluding hydrogens is 382 g/mol. The van der Waals surface area contributed by atoms with E-state index in [0.29, 0.717) is 19.1 Å². The van der Waals surface area contributed by atoms with Gasteiger partial charge in [-0.15, -0.1) is 0 Å². The standard InChI is InChI=1S/C20H26BrNO3/c1-24-18-9-8-15(12-19(18)25-17-6-2-3-7-17)16-13-20(23)22(14-16)11-5-4-10-21/h4-5,8-9,12,16-17H,2-3,6-7,10-11,13-14H2,1H3. The maximum atomic E-state index is 12.3. The van der Waals surface area contributed by atoms with Gasteiger partial charge in [-0.2, -0.15) is 0 Å². The lowest BCUT2D eigenvalue weighted by Gasteiger charge is -2.19. The van der Waals surface area contributed by atoms with E-state index in [1.165, 1.54) is 12.8 Å². The summed E-state index contributed by atoms with van der Waals surface area (Å²) in [5, 5.41) is 0.818. The van der Waals surface area contributed by atoms with E-state index in [1.54, 1.807) is 7.11 Å². The van der Waals surface area contributed by atoms with E-state index in [2.05, 4.69) is 28.1 Å². The molecule has 1 aliphatic heterocycles. The first-order chi connectivity index (χ1) is 12.2. The predicted molar refractivity (Wildman–Crippen MR) is 103 cm³/mol. The van der Waals surface area contributed by atoms with Crippen molar-refractivity contribution in [2.24, 2.45) is 0 Å². The van der Waals surface area contributed by atoms with Crippen molar-refractivity contribution in [1.82, 2.24) is 4.90 Å². The maximum absolute atomic E-state index is 12.3. The van der Waals surface area contributed by atoms with Gasteiger partial charge in [-0.3, -0.25) is 4.79 Å². The van der Waals surface area contributed by atoms with Crippen LogP contribution in [0.5, 0.6) is 11.5 Å². The number of amides is 1. The van der Waals surface area contributed by atoms with Crippen LogP contribution in [0.2, 0.25) is 0 Å². The molecule has 1 amide bonds. The first-order valence-corrected chi connectivity index (χ1v) is 10.2. The average molecular weight is 408 g/mol. The number of methoxy groups -OCH3 is 1. The van der Waals surface area contributed by atoms with Crippen LogP contribution in [0, 0.1) is 0 Å². The highest BCUT2D eigenvalue weighted by Gasteiger charge is 2.30. The molecule has 0 N–H and O–H groups in total. The van der Waals surface area contributed by atoms with Gasteiger partial charge in [0.25, 0.3) is 0 Å². The number of halogens is 1. The zero-order valence-corrected chi connectivity index (χ0v) is 16.3. The predicted octanol–water partition coefficient (Wildman–Crippen LogP) is 4.28. The summed E-state index contributed by atoms with van der Waals surface area (Å²) in [5.74, 6) is 2.04. The summed E-state index contributed by atoms with van der Waals surface area (Å²) < 4.78 is 11.7. The number of allylic oxidation sites excluding steroid dienone is 1. The van der Waals surface area contributed by atoms with Gasteiger partial charge in [0, 0.05) is 30.8 Å². The zero-order chi connectivity index (χ0) is 17.6. The monoisotopic (exact) mass is 407 g/mol. The number of nitrogens with zero attached hydrogens (tertiary/aromatic N) is 1. The fourth-order valence-corrected chi connectivity index (χ4v) is 3.93. The maximum Gasteiger partial charge on any atom is 0.223 e. The van der Waals surface area contributed by atoms with Crippen LogP contribution in [-0.4, -0.2) is 42.4 Å². The molecule has 1 atom stereocenters. The molecule has 2 aliphatic rings. The van der Waals surface area contributed by atoms with Crippen molar-refractivity contribution in [2.45, 2.75) is 44.1 Å². The van der Waals surface area contributed by atoms with Crippen molar-refractivity contribution >= 4 is 21.8 Å². The Balaban J connectivity index is 1.71. The Hall–Kier alpha value is -1.49. The van der Waals surface area contributed by atoms with Gasteiger partial charge in [0.05, 0.1) is 13.2 Å². The van der Waals surface area contributed by atoms with Gasteiger partial charge >= 0.3 is 0 Å². The Morgan fingerprint density at radius 2 is 2.04 bits per heavy atom.